The van der Waals surface area contributed by atoms with E-state index in [0.29, 0.717) is 6.17 Å². The second-order valence-electron chi connectivity index (χ2n) is 1.69. The van der Waals surface area contributed by atoms with Crippen LogP contribution in [0.2, 0.25) is 0 Å². The molecule has 0 saturated heterocycles. The van der Waals surface area contributed by atoms with Gasteiger partial charge in [-0.2, -0.15) is 12.6 Å². The van der Waals surface area contributed by atoms with E-state index in [2.05, 4.69) is 30.2 Å². The zero-order valence-electron chi connectivity index (χ0n) is 5.44. The summed E-state index contributed by atoms with van der Waals surface area (Å²) in [5.41, 5.74) is 0. The number of hydrogen-bond acceptors (Lipinski definition) is 3. The largest absolute Gasteiger partial charge is 0.305 e. The Morgan fingerprint density at radius 2 is 2.25 bits per heavy atom. The average molecular weight is 134 g/mol. The summed E-state index contributed by atoms with van der Waals surface area (Å²) in [6.07, 6.45) is 0.405. The highest BCUT2D eigenvalue weighted by Gasteiger charge is 1.90. The van der Waals surface area contributed by atoms with Crippen LogP contribution in [0.25, 0.3) is 0 Å². The molecule has 3 heteroatoms. The summed E-state index contributed by atoms with van der Waals surface area (Å²) < 4.78 is 0. The maximum atomic E-state index is 4.04. The standard InChI is InChI=1S/C5H14N2S/c1-5(6-2)7-3-4-8/h5-8H,3-4H2,1-2H3. The molecule has 0 aromatic heterocycles. The van der Waals surface area contributed by atoms with Crippen molar-refractivity contribution in [3.8, 4) is 0 Å². The predicted octanol–water partition coefficient (Wildman–Crippen LogP) is 0.0712. The van der Waals surface area contributed by atoms with Crippen molar-refractivity contribution in [2.75, 3.05) is 19.3 Å². The smallest absolute Gasteiger partial charge is 0.0540 e. The number of hydrogen-bond donors (Lipinski definition) is 3. The lowest BCUT2D eigenvalue weighted by Gasteiger charge is -2.09. The lowest BCUT2D eigenvalue weighted by molar-refractivity contribution is 0.507. The molecular weight excluding hydrogens is 120 g/mol. The lowest BCUT2D eigenvalue weighted by Crippen LogP contribution is -2.38. The summed E-state index contributed by atoms with van der Waals surface area (Å²) in [6.45, 7) is 3.04. The minimum Gasteiger partial charge on any atom is -0.305 e. The zero-order chi connectivity index (χ0) is 6.41. The molecule has 0 heterocycles. The van der Waals surface area contributed by atoms with E-state index in [4.69, 9.17) is 0 Å². The van der Waals surface area contributed by atoms with E-state index >= 15 is 0 Å². The van der Waals surface area contributed by atoms with Crippen LogP contribution < -0.4 is 10.6 Å². The Hall–Kier alpha value is 0.270. The van der Waals surface area contributed by atoms with Gasteiger partial charge in [0, 0.05) is 12.3 Å². The summed E-state index contributed by atoms with van der Waals surface area (Å²) in [7, 11) is 1.93. The van der Waals surface area contributed by atoms with Gasteiger partial charge in [-0.05, 0) is 14.0 Å². The van der Waals surface area contributed by atoms with Crippen molar-refractivity contribution in [1.82, 2.24) is 10.6 Å². The van der Waals surface area contributed by atoms with Gasteiger partial charge < -0.3 is 10.6 Å². The Balaban J connectivity index is 2.86. The van der Waals surface area contributed by atoms with E-state index < -0.39 is 0 Å². The molecule has 0 spiro atoms. The van der Waals surface area contributed by atoms with Crippen molar-refractivity contribution in [1.29, 1.82) is 0 Å². The summed E-state index contributed by atoms with van der Waals surface area (Å²) in [5, 5.41) is 6.25. The Labute approximate surface area is 56.5 Å². The van der Waals surface area contributed by atoms with E-state index in [9.17, 15) is 0 Å². The molecule has 1 atom stereocenters. The van der Waals surface area contributed by atoms with E-state index in [-0.39, 0.29) is 0 Å². The molecule has 0 aliphatic heterocycles. The van der Waals surface area contributed by atoms with E-state index in [1.54, 1.807) is 0 Å². The van der Waals surface area contributed by atoms with Crippen LogP contribution in [0.4, 0.5) is 0 Å². The van der Waals surface area contributed by atoms with Gasteiger partial charge in [-0.25, -0.2) is 0 Å². The first-order valence-electron chi connectivity index (χ1n) is 2.82. The van der Waals surface area contributed by atoms with Gasteiger partial charge in [-0.3, -0.25) is 0 Å². The summed E-state index contributed by atoms with van der Waals surface area (Å²) in [5.74, 6) is 0.895. The zero-order valence-corrected chi connectivity index (χ0v) is 6.33. The van der Waals surface area contributed by atoms with E-state index in [1.165, 1.54) is 0 Å². The molecule has 0 amide bonds. The molecule has 0 fully saturated rings. The topological polar surface area (TPSA) is 24.1 Å². The monoisotopic (exact) mass is 134 g/mol. The van der Waals surface area contributed by atoms with Crippen molar-refractivity contribution in [2.45, 2.75) is 13.1 Å². The van der Waals surface area contributed by atoms with Crippen LogP contribution in [-0.2, 0) is 0 Å². The Kier molecular flexibility index (Phi) is 5.59. The second-order valence-corrected chi connectivity index (χ2v) is 2.14. The van der Waals surface area contributed by atoms with Crippen molar-refractivity contribution < 1.29 is 0 Å². The van der Waals surface area contributed by atoms with Gasteiger partial charge >= 0.3 is 0 Å². The van der Waals surface area contributed by atoms with E-state index in [1.807, 2.05) is 7.05 Å². The first-order valence-corrected chi connectivity index (χ1v) is 3.46. The summed E-state index contributed by atoms with van der Waals surface area (Å²) in [4.78, 5) is 0. The molecule has 50 valence electrons. The van der Waals surface area contributed by atoms with E-state index in [0.717, 1.165) is 12.3 Å². The van der Waals surface area contributed by atoms with Gasteiger partial charge in [0.05, 0.1) is 6.17 Å². The lowest BCUT2D eigenvalue weighted by atomic mass is 10.5. The average Bonchev–Trinajstić information content (AvgIpc) is 1.83. The maximum Gasteiger partial charge on any atom is 0.0540 e. The number of thiol groups is 1. The van der Waals surface area contributed by atoms with Gasteiger partial charge in [-0.1, -0.05) is 0 Å². The van der Waals surface area contributed by atoms with Crippen LogP contribution in [0.5, 0.6) is 0 Å². The van der Waals surface area contributed by atoms with Crippen LogP contribution in [0, 0.1) is 0 Å². The minimum absolute atomic E-state index is 0.405. The fourth-order valence-corrected chi connectivity index (χ4v) is 0.512. The molecule has 0 rings (SSSR count). The highest BCUT2D eigenvalue weighted by Crippen LogP contribution is 1.72. The van der Waals surface area contributed by atoms with Crippen molar-refractivity contribution >= 4 is 12.6 Å². The molecule has 8 heavy (non-hydrogen) atoms. The molecule has 2 nitrogen and oxygen atoms in total. The second kappa shape index (κ2) is 5.41. The third kappa shape index (κ3) is 4.43. The molecule has 1 unspecified atom stereocenters. The minimum atomic E-state index is 0.405. The third-order valence-electron chi connectivity index (χ3n) is 0.995. The van der Waals surface area contributed by atoms with Crippen LogP contribution >= 0.6 is 12.6 Å². The quantitative estimate of drug-likeness (QED) is 0.374. The SMILES string of the molecule is CNC(C)NCCS. The van der Waals surface area contributed by atoms with Crippen LogP contribution in [-0.4, -0.2) is 25.5 Å². The third-order valence-corrected chi connectivity index (χ3v) is 1.22. The van der Waals surface area contributed by atoms with Crippen molar-refractivity contribution in [3.05, 3.63) is 0 Å². The fraction of sp³-hybridized carbons (Fsp3) is 1.00. The van der Waals surface area contributed by atoms with Crippen LogP contribution in [0.1, 0.15) is 6.92 Å². The first-order chi connectivity index (χ1) is 3.81. The molecule has 0 bridgehead atoms. The van der Waals surface area contributed by atoms with Crippen LogP contribution in [0.3, 0.4) is 0 Å². The van der Waals surface area contributed by atoms with Crippen molar-refractivity contribution in [3.63, 3.8) is 0 Å². The predicted molar refractivity (Wildman–Crippen MR) is 40.4 cm³/mol. The molecule has 0 aromatic rings. The highest BCUT2D eigenvalue weighted by molar-refractivity contribution is 7.80. The molecule has 2 N–H and O–H groups in total. The van der Waals surface area contributed by atoms with Gasteiger partial charge in [0.2, 0.25) is 0 Å². The Morgan fingerprint density at radius 1 is 1.62 bits per heavy atom. The van der Waals surface area contributed by atoms with Gasteiger partial charge in [0.15, 0.2) is 0 Å². The first kappa shape index (κ1) is 8.27. The fourth-order valence-electron chi connectivity index (χ4n) is 0.383. The number of nitrogens with one attached hydrogen (secondary N) is 2. The Bertz CT molecular complexity index is 49.7. The molecular formula is C5H14N2S. The molecule has 0 aliphatic carbocycles. The van der Waals surface area contributed by atoms with Crippen LogP contribution in [0.15, 0.2) is 0 Å². The van der Waals surface area contributed by atoms with Gasteiger partial charge in [0.25, 0.3) is 0 Å². The van der Waals surface area contributed by atoms with Gasteiger partial charge in [0.1, 0.15) is 0 Å². The molecule has 0 radical (unpaired) electrons. The molecule has 0 aromatic carbocycles. The molecule has 0 aliphatic rings. The highest BCUT2D eigenvalue weighted by atomic mass is 32.1. The normalized spacial score (nSPS) is 13.9. The maximum absolute atomic E-state index is 4.04. The molecule has 0 saturated carbocycles. The number of rotatable bonds is 4. The Morgan fingerprint density at radius 3 is 2.62 bits per heavy atom. The summed E-state index contributed by atoms with van der Waals surface area (Å²) in [6, 6.07) is 0. The van der Waals surface area contributed by atoms with Crippen molar-refractivity contribution in [2.24, 2.45) is 0 Å². The van der Waals surface area contributed by atoms with Gasteiger partial charge in [-0.15, -0.1) is 0 Å². The summed E-state index contributed by atoms with van der Waals surface area (Å²) >= 11 is 4.04.